The second kappa shape index (κ2) is 9.57. The number of hydrogen-bond donors (Lipinski definition) is 0. The number of para-hydroxylation sites is 1. The summed E-state index contributed by atoms with van der Waals surface area (Å²) in [4.78, 5) is 17.6. The number of hydrogen-bond acceptors (Lipinski definition) is 3. The minimum absolute atomic E-state index is 0.0864. The smallest absolute Gasteiger partial charge is 0.250 e. The molecule has 150 valence electrons. The van der Waals surface area contributed by atoms with Crippen LogP contribution < -0.4 is 4.43 Å². The lowest BCUT2D eigenvalue weighted by molar-refractivity contribution is -0.117. The first-order valence-electron chi connectivity index (χ1n) is 9.77. The van der Waals surface area contributed by atoms with Gasteiger partial charge in [-0.2, -0.15) is 0 Å². The summed E-state index contributed by atoms with van der Waals surface area (Å²) >= 11 is 1.50. The van der Waals surface area contributed by atoms with E-state index in [1.54, 1.807) is 0 Å². The molecule has 2 rings (SSSR count). The van der Waals surface area contributed by atoms with Crippen molar-refractivity contribution in [2.24, 2.45) is 4.99 Å². The quantitative estimate of drug-likeness (QED) is 0.223. The molecule has 2 aromatic carbocycles. The van der Waals surface area contributed by atoms with Crippen molar-refractivity contribution >= 4 is 31.0 Å². The molecule has 0 bridgehead atoms. The molecule has 0 aliphatic heterocycles. The zero-order valence-electron chi connectivity index (χ0n) is 17.8. The van der Waals surface area contributed by atoms with Crippen molar-refractivity contribution in [3.8, 4) is 5.75 Å². The molecule has 3 nitrogen and oxygen atoms in total. The standard InChI is InChI=1S/C23H31NO2SSi/c1-7-13-21(25)24-22(18-14-9-8-10-15-18)27-20-17-12-11-16-19(20)26-28(5,6)23(2,3)4/h8-12,14-17H,7,13H2,1-6H3. The number of aliphatic imine (C=N–C) groups is 1. The fraction of sp³-hybridized carbons (Fsp3) is 0.391. The molecule has 5 heteroatoms. The predicted molar refractivity (Wildman–Crippen MR) is 123 cm³/mol. The molecule has 0 aliphatic rings. The minimum Gasteiger partial charge on any atom is -0.543 e. The first kappa shape index (κ1) is 22.4. The van der Waals surface area contributed by atoms with Gasteiger partial charge in [-0.15, -0.1) is 0 Å². The van der Waals surface area contributed by atoms with Crippen LogP contribution in [0.1, 0.15) is 46.1 Å². The molecular formula is C23H31NO2SSi. The number of carbonyl (C=O) groups excluding carboxylic acids is 1. The summed E-state index contributed by atoms with van der Waals surface area (Å²) in [6.07, 6.45) is 1.25. The highest BCUT2D eigenvalue weighted by Gasteiger charge is 2.39. The van der Waals surface area contributed by atoms with Gasteiger partial charge in [-0.3, -0.25) is 4.79 Å². The summed E-state index contributed by atoms with van der Waals surface area (Å²) in [5.41, 5.74) is 0.944. The summed E-state index contributed by atoms with van der Waals surface area (Å²) in [5.74, 6) is 0.780. The van der Waals surface area contributed by atoms with E-state index in [9.17, 15) is 4.79 Å². The van der Waals surface area contributed by atoms with Gasteiger partial charge in [0.15, 0.2) is 0 Å². The molecule has 0 saturated carbocycles. The fourth-order valence-corrected chi connectivity index (χ4v) is 4.34. The molecule has 0 saturated heterocycles. The summed E-state index contributed by atoms with van der Waals surface area (Å²) in [7, 11) is -1.97. The largest absolute Gasteiger partial charge is 0.543 e. The van der Waals surface area contributed by atoms with Gasteiger partial charge in [-0.05, 0) is 36.7 Å². The SMILES string of the molecule is CCCC(=O)N=C(Sc1ccccc1O[Si](C)(C)C(C)(C)C)c1ccccc1. The summed E-state index contributed by atoms with van der Waals surface area (Å²) in [6, 6.07) is 17.9. The monoisotopic (exact) mass is 413 g/mol. The Hall–Kier alpha value is -1.85. The van der Waals surface area contributed by atoms with Crippen LogP contribution in [0.4, 0.5) is 0 Å². The summed E-state index contributed by atoms with van der Waals surface area (Å²) in [5, 5.41) is 0.823. The van der Waals surface area contributed by atoms with Crippen molar-refractivity contribution in [3.63, 3.8) is 0 Å². The molecule has 2 aromatic rings. The Balaban J connectivity index is 2.39. The number of nitrogens with zero attached hydrogens (tertiary/aromatic N) is 1. The van der Waals surface area contributed by atoms with Gasteiger partial charge in [-0.25, -0.2) is 4.99 Å². The maximum Gasteiger partial charge on any atom is 0.250 e. The highest BCUT2D eigenvalue weighted by atomic mass is 32.2. The molecule has 0 aliphatic carbocycles. The average molecular weight is 414 g/mol. The van der Waals surface area contributed by atoms with Crippen molar-refractivity contribution in [2.75, 3.05) is 0 Å². The highest BCUT2D eigenvalue weighted by Crippen LogP contribution is 2.40. The molecule has 0 fully saturated rings. The number of carbonyl (C=O) groups is 1. The molecule has 0 unspecified atom stereocenters. The van der Waals surface area contributed by atoms with Crippen LogP contribution in [0.25, 0.3) is 0 Å². The van der Waals surface area contributed by atoms with Gasteiger partial charge < -0.3 is 4.43 Å². The lowest BCUT2D eigenvalue weighted by Gasteiger charge is -2.37. The molecule has 1 amide bonds. The van der Waals surface area contributed by atoms with Crippen molar-refractivity contribution < 1.29 is 9.22 Å². The second-order valence-corrected chi connectivity index (χ2v) is 14.1. The zero-order chi connectivity index (χ0) is 20.8. The Kier molecular flexibility index (Phi) is 7.67. The van der Waals surface area contributed by atoms with E-state index in [4.69, 9.17) is 4.43 Å². The van der Waals surface area contributed by atoms with E-state index in [2.05, 4.69) is 38.9 Å². The number of benzene rings is 2. The first-order chi connectivity index (χ1) is 13.1. The van der Waals surface area contributed by atoms with Crippen LogP contribution in [0.15, 0.2) is 64.5 Å². The molecule has 0 heterocycles. The molecule has 0 atom stereocenters. The Bertz CT molecular complexity index is 826. The van der Waals surface area contributed by atoms with Crippen molar-refractivity contribution in [3.05, 3.63) is 60.2 Å². The first-order valence-corrected chi connectivity index (χ1v) is 13.5. The van der Waals surface area contributed by atoms with Crippen molar-refractivity contribution in [1.82, 2.24) is 0 Å². The molecular weight excluding hydrogens is 382 g/mol. The van der Waals surface area contributed by atoms with Crippen molar-refractivity contribution in [1.29, 1.82) is 0 Å². The summed E-state index contributed by atoms with van der Waals surface area (Å²) in [6.45, 7) is 13.2. The van der Waals surface area contributed by atoms with Crippen LogP contribution in [0, 0.1) is 0 Å². The third-order valence-corrected chi connectivity index (χ3v) is 10.4. The lowest BCUT2D eigenvalue weighted by Crippen LogP contribution is -2.44. The number of amides is 1. The van der Waals surface area contributed by atoms with E-state index in [0.29, 0.717) is 11.5 Å². The van der Waals surface area contributed by atoms with Gasteiger partial charge in [0, 0.05) is 12.0 Å². The second-order valence-electron chi connectivity index (χ2n) is 8.34. The number of rotatable bonds is 6. The maximum atomic E-state index is 12.2. The summed E-state index contributed by atoms with van der Waals surface area (Å²) < 4.78 is 6.56. The molecule has 0 radical (unpaired) electrons. The van der Waals surface area contributed by atoms with Crippen LogP contribution in [0.3, 0.4) is 0 Å². The van der Waals surface area contributed by atoms with E-state index in [0.717, 1.165) is 22.6 Å². The Morgan fingerprint density at radius 1 is 1.04 bits per heavy atom. The molecule has 0 aromatic heterocycles. The topological polar surface area (TPSA) is 38.7 Å². The lowest BCUT2D eigenvalue weighted by atomic mass is 10.2. The van der Waals surface area contributed by atoms with E-state index >= 15 is 0 Å². The van der Waals surface area contributed by atoms with E-state index < -0.39 is 8.32 Å². The Morgan fingerprint density at radius 3 is 2.25 bits per heavy atom. The van der Waals surface area contributed by atoms with Gasteiger partial charge in [0.1, 0.15) is 10.8 Å². The van der Waals surface area contributed by atoms with Crippen LogP contribution in [0.2, 0.25) is 18.1 Å². The minimum atomic E-state index is -1.97. The van der Waals surface area contributed by atoms with E-state index in [-0.39, 0.29) is 10.9 Å². The average Bonchev–Trinajstić information content (AvgIpc) is 2.62. The Morgan fingerprint density at radius 2 is 1.64 bits per heavy atom. The van der Waals surface area contributed by atoms with Crippen molar-refractivity contribution in [2.45, 2.75) is 63.6 Å². The molecule has 0 spiro atoms. The third-order valence-electron chi connectivity index (χ3n) is 4.94. The maximum absolute atomic E-state index is 12.2. The van der Waals surface area contributed by atoms with Gasteiger partial charge in [0.2, 0.25) is 5.91 Å². The van der Waals surface area contributed by atoms with Crippen LogP contribution in [0.5, 0.6) is 5.75 Å². The third kappa shape index (κ3) is 6.08. The van der Waals surface area contributed by atoms with Crippen LogP contribution in [-0.4, -0.2) is 19.3 Å². The predicted octanol–water partition coefficient (Wildman–Crippen LogP) is 6.94. The van der Waals surface area contributed by atoms with Gasteiger partial charge in [-0.1, -0.05) is 81.9 Å². The van der Waals surface area contributed by atoms with E-state index in [1.807, 2.05) is 61.5 Å². The molecule has 28 heavy (non-hydrogen) atoms. The van der Waals surface area contributed by atoms with Crippen LogP contribution >= 0.6 is 11.8 Å². The zero-order valence-corrected chi connectivity index (χ0v) is 19.6. The normalized spacial score (nSPS) is 12.7. The molecule has 0 N–H and O–H groups in total. The Labute approximate surface area is 174 Å². The fourth-order valence-electron chi connectivity index (χ4n) is 2.26. The van der Waals surface area contributed by atoms with Gasteiger partial charge in [0.25, 0.3) is 8.32 Å². The number of thioether (sulfide) groups is 1. The highest BCUT2D eigenvalue weighted by molar-refractivity contribution is 8.14. The van der Waals surface area contributed by atoms with E-state index in [1.165, 1.54) is 11.8 Å². The van der Waals surface area contributed by atoms with Gasteiger partial charge >= 0.3 is 0 Å². The van der Waals surface area contributed by atoms with Crippen LogP contribution in [-0.2, 0) is 4.79 Å². The van der Waals surface area contributed by atoms with Gasteiger partial charge in [0.05, 0.1) is 4.90 Å².